The topological polar surface area (TPSA) is 51.9 Å². The molecule has 1 aliphatic heterocycles. The summed E-state index contributed by atoms with van der Waals surface area (Å²) in [5, 5.41) is 4.30. The monoisotopic (exact) mass is 440 g/mol. The van der Waals surface area contributed by atoms with Crippen molar-refractivity contribution in [3.8, 4) is 22.8 Å². The highest BCUT2D eigenvalue weighted by molar-refractivity contribution is 6.36. The number of hydrogen-bond donors (Lipinski definition) is 0. The van der Waals surface area contributed by atoms with E-state index < -0.39 is 11.9 Å². The van der Waals surface area contributed by atoms with Crippen molar-refractivity contribution >= 4 is 23.1 Å². The molecule has 0 atom stereocenters. The number of hydrogen-bond acceptors (Lipinski definition) is 5. The Labute approximate surface area is 176 Å². The fraction of sp³-hybridized carbons (Fsp3) is 0.400. The summed E-state index contributed by atoms with van der Waals surface area (Å²) in [6.07, 6.45) is -1.67. The molecule has 30 heavy (non-hydrogen) atoms. The zero-order chi connectivity index (χ0) is 21.5. The van der Waals surface area contributed by atoms with Gasteiger partial charge >= 0.3 is 6.18 Å². The van der Waals surface area contributed by atoms with Crippen LogP contribution < -0.4 is 14.4 Å². The van der Waals surface area contributed by atoms with E-state index in [2.05, 4.69) is 10.1 Å². The number of halogens is 4. The van der Waals surface area contributed by atoms with Gasteiger partial charge < -0.3 is 14.4 Å². The van der Waals surface area contributed by atoms with E-state index in [9.17, 15) is 13.2 Å². The lowest BCUT2D eigenvalue weighted by molar-refractivity contribution is -0.142. The van der Waals surface area contributed by atoms with Gasteiger partial charge in [-0.3, -0.25) is 0 Å². The standard InChI is InChI=1S/C20H20ClF3N4O2/c1-29-14-7-6-12(10-15(14)30-2)13-11-16(20(22,23)24)28-18(25-13)17(21)19(26-28)27-8-4-3-5-9-27/h6-7,10-11H,3-5,8-9H2,1-2H3. The molecule has 0 bridgehead atoms. The van der Waals surface area contributed by atoms with E-state index in [0.717, 1.165) is 29.8 Å². The van der Waals surface area contributed by atoms with E-state index in [1.54, 1.807) is 18.2 Å². The molecular weight excluding hydrogens is 421 g/mol. The zero-order valence-electron chi connectivity index (χ0n) is 16.5. The Morgan fingerprint density at radius 3 is 2.33 bits per heavy atom. The number of anilines is 1. The number of methoxy groups -OCH3 is 2. The maximum atomic E-state index is 13.9. The molecule has 0 amide bonds. The summed E-state index contributed by atoms with van der Waals surface area (Å²) in [7, 11) is 2.94. The summed E-state index contributed by atoms with van der Waals surface area (Å²) < 4.78 is 52.9. The van der Waals surface area contributed by atoms with Crippen molar-refractivity contribution in [2.75, 3.05) is 32.2 Å². The second-order valence-electron chi connectivity index (χ2n) is 7.01. The predicted molar refractivity (Wildman–Crippen MR) is 108 cm³/mol. The molecule has 0 radical (unpaired) electrons. The fourth-order valence-electron chi connectivity index (χ4n) is 3.63. The quantitative estimate of drug-likeness (QED) is 0.566. The number of fused-ring (bicyclic) bond motifs is 1. The van der Waals surface area contributed by atoms with Gasteiger partial charge in [-0.25, -0.2) is 9.50 Å². The number of benzene rings is 1. The Kier molecular flexibility index (Phi) is 5.40. The number of rotatable bonds is 4. The SMILES string of the molecule is COc1ccc(-c2cc(C(F)(F)F)n3nc(N4CCCCC4)c(Cl)c3n2)cc1OC. The van der Waals surface area contributed by atoms with Crippen LogP contribution >= 0.6 is 11.6 Å². The summed E-state index contributed by atoms with van der Waals surface area (Å²) in [4.78, 5) is 6.32. The zero-order valence-corrected chi connectivity index (χ0v) is 17.2. The first-order chi connectivity index (χ1) is 14.3. The number of alkyl halides is 3. The lowest BCUT2D eigenvalue weighted by Gasteiger charge is -2.26. The van der Waals surface area contributed by atoms with E-state index >= 15 is 0 Å². The minimum Gasteiger partial charge on any atom is -0.493 e. The molecule has 3 aromatic rings. The summed E-state index contributed by atoms with van der Waals surface area (Å²) in [6, 6.07) is 5.78. The molecular formula is C20H20ClF3N4O2. The number of piperidine rings is 1. The fourth-order valence-corrected chi connectivity index (χ4v) is 3.91. The molecule has 1 fully saturated rings. The lowest BCUT2D eigenvalue weighted by Crippen LogP contribution is -2.30. The molecule has 0 saturated carbocycles. The van der Waals surface area contributed by atoms with Gasteiger partial charge in [0.15, 0.2) is 28.7 Å². The minimum absolute atomic E-state index is 0.0307. The van der Waals surface area contributed by atoms with Crippen LogP contribution in [0.15, 0.2) is 24.3 Å². The van der Waals surface area contributed by atoms with E-state index in [0.29, 0.717) is 36.0 Å². The molecule has 1 saturated heterocycles. The smallest absolute Gasteiger partial charge is 0.433 e. The van der Waals surface area contributed by atoms with E-state index in [1.807, 2.05) is 4.90 Å². The summed E-state index contributed by atoms with van der Waals surface area (Å²) >= 11 is 6.48. The van der Waals surface area contributed by atoms with Crippen molar-refractivity contribution in [3.63, 3.8) is 0 Å². The van der Waals surface area contributed by atoms with Crippen LogP contribution in [0.3, 0.4) is 0 Å². The molecule has 0 unspecified atom stereocenters. The van der Waals surface area contributed by atoms with Gasteiger partial charge in [0, 0.05) is 18.7 Å². The first kappa shape index (κ1) is 20.6. The maximum Gasteiger partial charge on any atom is 0.433 e. The Morgan fingerprint density at radius 2 is 1.70 bits per heavy atom. The van der Waals surface area contributed by atoms with E-state index in [1.165, 1.54) is 14.2 Å². The summed E-state index contributed by atoms with van der Waals surface area (Å²) in [5.74, 6) is 1.19. The summed E-state index contributed by atoms with van der Waals surface area (Å²) in [5.41, 5.74) is -0.417. The van der Waals surface area contributed by atoms with Crippen LogP contribution in [-0.2, 0) is 6.18 Å². The van der Waals surface area contributed by atoms with Crippen LogP contribution in [0.1, 0.15) is 25.0 Å². The third-order valence-electron chi connectivity index (χ3n) is 5.14. The van der Waals surface area contributed by atoms with E-state index in [4.69, 9.17) is 21.1 Å². The van der Waals surface area contributed by atoms with Gasteiger partial charge in [0.25, 0.3) is 0 Å². The van der Waals surface area contributed by atoms with Crippen LogP contribution in [0.4, 0.5) is 19.0 Å². The molecule has 0 aliphatic carbocycles. The number of aromatic nitrogens is 3. The largest absolute Gasteiger partial charge is 0.493 e. The summed E-state index contributed by atoms with van der Waals surface area (Å²) in [6.45, 7) is 1.40. The second-order valence-corrected chi connectivity index (χ2v) is 7.39. The molecule has 10 heteroatoms. The van der Waals surface area contributed by atoms with Gasteiger partial charge in [-0.15, -0.1) is 5.10 Å². The third-order valence-corrected chi connectivity index (χ3v) is 5.48. The molecule has 1 aromatic carbocycles. The normalized spacial score (nSPS) is 14.9. The molecule has 0 N–H and O–H groups in total. The van der Waals surface area contributed by atoms with Crippen molar-refractivity contribution in [3.05, 3.63) is 35.0 Å². The van der Waals surface area contributed by atoms with Gasteiger partial charge in [-0.05, 0) is 43.5 Å². The average Bonchev–Trinajstić information content (AvgIpc) is 3.09. The molecule has 3 heterocycles. The van der Waals surface area contributed by atoms with Crippen molar-refractivity contribution in [2.45, 2.75) is 25.4 Å². The first-order valence-corrected chi connectivity index (χ1v) is 9.85. The van der Waals surface area contributed by atoms with Gasteiger partial charge in [0.2, 0.25) is 0 Å². The van der Waals surface area contributed by atoms with Crippen molar-refractivity contribution < 1.29 is 22.6 Å². The predicted octanol–water partition coefficient (Wildman–Crippen LogP) is 5.08. The van der Waals surface area contributed by atoms with Crippen molar-refractivity contribution in [2.24, 2.45) is 0 Å². The van der Waals surface area contributed by atoms with Gasteiger partial charge in [0.05, 0.1) is 19.9 Å². The lowest BCUT2D eigenvalue weighted by atomic mass is 10.1. The van der Waals surface area contributed by atoms with Crippen LogP contribution in [0.2, 0.25) is 5.02 Å². The van der Waals surface area contributed by atoms with Gasteiger partial charge in [-0.2, -0.15) is 13.2 Å². The Morgan fingerprint density at radius 1 is 1.00 bits per heavy atom. The average molecular weight is 441 g/mol. The number of nitrogens with zero attached hydrogens (tertiary/aromatic N) is 4. The van der Waals surface area contributed by atoms with Crippen molar-refractivity contribution in [1.82, 2.24) is 14.6 Å². The first-order valence-electron chi connectivity index (χ1n) is 9.47. The highest BCUT2D eigenvalue weighted by Gasteiger charge is 2.36. The van der Waals surface area contributed by atoms with Gasteiger partial charge in [-0.1, -0.05) is 11.6 Å². The molecule has 2 aromatic heterocycles. The highest BCUT2D eigenvalue weighted by atomic mass is 35.5. The van der Waals surface area contributed by atoms with Crippen LogP contribution in [-0.4, -0.2) is 41.9 Å². The van der Waals surface area contributed by atoms with Gasteiger partial charge in [0.1, 0.15) is 5.02 Å². The molecule has 1 aliphatic rings. The maximum absolute atomic E-state index is 13.9. The highest BCUT2D eigenvalue weighted by Crippen LogP contribution is 2.38. The molecule has 6 nitrogen and oxygen atoms in total. The van der Waals surface area contributed by atoms with Crippen LogP contribution in [0, 0.1) is 0 Å². The Balaban J connectivity index is 1.91. The molecule has 4 rings (SSSR count). The molecule has 160 valence electrons. The number of ether oxygens (including phenoxy) is 2. The third kappa shape index (κ3) is 3.62. The Bertz CT molecular complexity index is 1080. The minimum atomic E-state index is -4.64. The van der Waals surface area contributed by atoms with Crippen molar-refractivity contribution in [1.29, 1.82) is 0 Å². The Hall–Kier alpha value is -2.68. The van der Waals surface area contributed by atoms with Crippen LogP contribution in [0.5, 0.6) is 11.5 Å². The van der Waals surface area contributed by atoms with E-state index in [-0.39, 0.29) is 16.4 Å². The second kappa shape index (κ2) is 7.86. The van der Waals surface area contributed by atoms with Crippen LogP contribution in [0.25, 0.3) is 16.9 Å². The molecule has 0 spiro atoms.